The van der Waals surface area contributed by atoms with Crippen LogP contribution in [-0.2, 0) is 0 Å². The van der Waals surface area contributed by atoms with Gasteiger partial charge in [0.2, 0.25) is 0 Å². The first kappa shape index (κ1) is 14.7. The molecule has 1 heterocycles. The van der Waals surface area contributed by atoms with E-state index in [1.54, 1.807) is 0 Å². The lowest BCUT2D eigenvalue weighted by atomic mass is 10.1. The molecule has 0 saturated heterocycles. The maximum absolute atomic E-state index is 11.9. The Balaban J connectivity index is 2.53. The molecule has 0 radical (unpaired) electrons. The zero-order chi connectivity index (χ0) is 13.4. The van der Waals surface area contributed by atoms with Crippen molar-refractivity contribution in [2.75, 3.05) is 6.54 Å². The van der Waals surface area contributed by atoms with Gasteiger partial charge in [0.25, 0.3) is 5.91 Å². The van der Waals surface area contributed by atoms with Crippen LogP contribution in [0.1, 0.15) is 48.3 Å². The number of hydrogen-bond acceptors (Lipinski definition) is 3. The minimum Gasteiger partial charge on any atom is -0.350 e. The summed E-state index contributed by atoms with van der Waals surface area (Å²) >= 11 is 1.47. The molecule has 1 atom stereocenters. The number of unbranched alkanes of at least 4 members (excludes halogenated alkanes) is 1. The van der Waals surface area contributed by atoms with Gasteiger partial charge in [0.15, 0.2) is 0 Å². The molecule has 1 amide bonds. The molecule has 98 valence electrons. The Bertz CT molecular complexity index is 442. The van der Waals surface area contributed by atoms with Gasteiger partial charge in [-0.1, -0.05) is 31.6 Å². The van der Waals surface area contributed by atoms with Crippen LogP contribution >= 0.6 is 11.3 Å². The van der Waals surface area contributed by atoms with Gasteiger partial charge in [0, 0.05) is 11.4 Å². The van der Waals surface area contributed by atoms with Crippen LogP contribution in [0.3, 0.4) is 0 Å². The highest BCUT2D eigenvalue weighted by Gasteiger charge is 2.10. The van der Waals surface area contributed by atoms with Crippen molar-refractivity contribution < 1.29 is 4.79 Å². The number of amides is 1. The van der Waals surface area contributed by atoms with Gasteiger partial charge in [-0.15, -0.1) is 11.3 Å². The van der Waals surface area contributed by atoms with Crippen LogP contribution in [0.4, 0.5) is 0 Å². The van der Waals surface area contributed by atoms with Gasteiger partial charge in [-0.2, -0.15) is 0 Å². The second-order valence-corrected chi connectivity index (χ2v) is 5.13. The molecule has 1 aromatic heterocycles. The molecule has 4 heteroatoms. The molecule has 0 aliphatic rings. The van der Waals surface area contributed by atoms with E-state index in [-0.39, 0.29) is 11.9 Å². The maximum Gasteiger partial charge on any atom is 0.252 e. The Morgan fingerprint density at radius 2 is 2.39 bits per heavy atom. The van der Waals surface area contributed by atoms with E-state index in [0.29, 0.717) is 12.1 Å². The second-order valence-electron chi connectivity index (χ2n) is 4.22. The van der Waals surface area contributed by atoms with Gasteiger partial charge in [0.05, 0.1) is 17.0 Å². The topological polar surface area (TPSA) is 55.1 Å². The molecule has 1 unspecified atom stereocenters. The second kappa shape index (κ2) is 7.91. The van der Waals surface area contributed by atoms with Crippen LogP contribution in [0.15, 0.2) is 11.4 Å². The molecule has 1 aromatic rings. The molecular formula is C14H20N2OS. The maximum atomic E-state index is 11.9. The minimum atomic E-state index is -0.0179. The smallest absolute Gasteiger partial charge is 0.252 e. The van der Waals surface area contributed by atoms with Crippen LogP contribution < -0.4 is 11.1 Å². The lowest BCUT2D eigenvalue weighted by molar-refractivity contribution is 0.0938. The Morgan fingerprint density at radius 3 is 3.06 bits per heavy atom. The fraction of sp³-hybridized carbons (Fsp3) is 0.500. The first-order chi connectivity index (χ1) is 8.67. The van der Waals surface area contributed by atoms with E-state index in [9.17, 15) is 4.79 Å². The van der Waals surface area contributed by atoms with E-state index in [2.05, 4.69) is 24.1 Å². The summed E-state index contributed by atoms with van der Waals surface area (Å²) in [6, 6.07) is 2.03. The minimum absolute atomic E-state index is 0.0179. The molecule has 0 fully saturated rings. The summed E-state index contributed by atoms with van der Waals surface area (Å²) in [6.07, 6.45) is 3.31. The number of nitrogens with one attached hydrogen (secondary N) is 1. The first-order valence-corrected chi connectivity index (χ1v) is 7.13. The van der Waals surface area contributed by atoms with E-state index in [1.807, 2.05) is 18.4 Å². The number of thiophene rings is 1. The largest absolute Gasteiger partial charge is 0.350 e. The van der Waals surface area contributed by atoms with Gasteiger partial charge in [-0.25, -0.2) is 0 Å². The highest BCUT2D eigenvalue weighted by atomic mass is 32.1. The van der Waals surface area contributed by atoms with E-state index in [1.165, 1.54) is 11.3 Å². The summed E-state index contributed by atoms with van der Waals surface area (Å²) in [7, 11) is 0. The highest BCUT2D eigenvalue weighted by molar-refractivity contribution is 7.10. The Labute approximate surface area is 113 Å². The van der Waals surface area contributed by atoms with E-state index in [0.717, 1.165) is 24.1 Å². The highest BCUT2D eigenvalue weighted by Crippen LogP contribution is 2.13. The first-order valence-electron chi connectivity index (χ1n) is 6.25. The normalized spacial score (nSPS) is 11.5. The SMILES string of the molecule is CCCCC(C)NC(=O)c1csc(C#CCN)c1. The third kappa shape index (κ3) is 4.91. The molecule has 3 N–H and O–H groups in total. The number of rotatable bonds is 5. The third-order valence-corrected chi connectivity index (χ3v) is 3.39. The van der Waals surface area contributed by atoms with Crippen molar-refractivity contribution in [3.8, 4) is 11.8 Å². The number of nitrogens with two attached hydrogens (primary N) is 1. The Hall–Kier alpha value is -1.31. The molecule has 0 aliphatic carbocycles. The van der Waals surface area contributed by atoms with Gasteiger partial charge >= 0.3 is 0 Å². The van der Waals surface area contributed by atoms with Crippen LogP contribution in [-0.4, -0.2) is 18.5 Å². The molecule has 0 saturated carbocycles. The zero-order valence-corrected chi connectivity index (χ0v) is 11.8. The van der Waals surface area contributed by atoms with Crippen molar-refractivity contribution in [1.29, 1.82) is 0 Å². The van der Waals surface area contributed by atoms with Crippen LogP contribution in [0.2, 0.25) is 0 Å². The molecule has 3 nitrogen and oxygen atoms in total. The molecule has 1 rings (SSSR count). The fourth-order valence-corrected chi connectivity index (χ4v) is 2.30. The lowest BCUT2D eigenvalue weighted by Crippen LogP contribution is -2.32. The predicted molar refractivity (Wildman–Crippen MR) is 76.7 cm³/mol. The van der Waals surface area contributed by atoms with Crippen molar-refractivity contribution in [3.05, 3.63) is 21.9 Å². The predicted octanol–water partition coefficient (Wildman–Crippen LogP) is 2.37. The Kier molecular flexibility index (Phi) is 6.48. The van der Waals surface area contributed by atoms with E-state index in [4.69, 9.17) is 5.73 Å². The van der Waals surface area contributed by atoms with Crippen LogP contribution in [0.25, 0.3) is 0 Å². The lowest BCUT2D eigenvalue weighted by Gasteiger charge is -2.12. The zero-order valence-electron chi connectivity index (χ0n) is 11.0. The van der Waals surface area contributed by atoms with E-state index < -0.39 is 0 Å². The molecule has 0 aliphatic heterocycles. The number of hydrogen-bond donors (Lipinski definition) is 2. The van der Waals surface area contributed by atoms with E-state index >= 15 is 0 Å². The van der Waals surface area contributed by atoms with Gasteiger partial charge < -0.3 is 11.1 Å². The van der Waals surface area contributed by atoms with Crippen molar-refractivity contribution >= 4 is 17.2 Å². The third-order valence-electron chi connectivity index (χ3n) is 2.54. The average molecular weight is 264 g/mol. The summed E-state index contributed by atoms with van der Waals surface area (Å²) in [6.45, 7) is 4.53. The van der Waals surface area contributed by atoms with Crippen molar-refractivity contribution in [2.24, 2.45) is 5.73 Å². The summed E-state index contributed by atoms with van der Waals surface area (Å²) in [5.41, 5.74) is 5.99. The summed E-state index contributed by atoms with van der Waals surface area (Å²) in [5, 5.41) is 4.83. The van der Waals surface area contributed by atoms with Crippen molar-refractivity contribution in [3.63, 3.8) is 0 Å². The van der Waals surface area contributed by atoms with Gasteiger partial charge in [-0.3, -0.25) is 4.79 Å². The fourth-order valence-electron chi connectivity index (χ4n) is 1.55. The summed E-state index contributed by atoms with van der Waals surface area (Å²) < 4.78 is 0. The number of carbonyl (C=O) groups excluding carboxylic acids is 1. The molecule has 18 heavy (non-hydrogen) atoms. The van der Waals surface area contributed by atoms with Crippen molar-refractivity contribution in [1.82, 2.24) is 5.32 Å². The molecular weight excluding hydrogens is 244 g/mol. The summed E-state index contributed by atoms with van der Waals surface area (Å²) in [5.74, 6) is 5.69. The molecule has 0 spiro atoms. The van der Waals surface area contributed by atoms with Gasteiger partial charge in [-0.05, 0) is 19.4 Å². The quantitative estimate of drug-likeness (QED) is 0.802. The molecule has 0 aromatic carbocycles. The molecule has 0 bridgehead atoms. The van der Waals surface area contributed by atoms with Gasteiger partial charge in [0.1, 0.15) is 0 Å². The average Bonchev–Trinajstić information content (AvgIpc) is 2.82. The number of carbonyl (C=O) groups is 1. The monoisotopic (exact) mass is 264 g/mol. The van der Waals surface area contributed by atoms with Crippen LogP contribution in [0, 0.1) is 11.8 Å². The van der Waals surface area contributed by atoms with Crippen LogP contribution in [0.5, 0.6) is 0 Å². The van der Waals surface area contributed by atoms with Crippen molar-refractivity contribution in [2.45, 2.75) is 39.2 Å². The standard InChI is InChI=1S/C14H20N2OS/c1-3-4-6-11(2)16-14(17)12-9-13(18-10-12)7-5-8-15/h9-11H,3-4,6,8,15H2,1-2H3,(H,16,17). The Morgan fingerprint density at radius 1 is 1.61 bits per heavy atom. The summed E-state index contributed by atoms with van der Waals surface area (Å²) in [4.78, 5) is 12.8.